The molecule has 1 spiro atoms. The number of amides is 1. The highest BCUT2D eigenvalue weighted by Gasteiger charge is 2.70. The van der Waals surface area contributed by atoms with Gasteiger partial charge in [-0.05, 0) is 42.2 Å². The summed E-state index contributed by atoms with van der Waals surface area (Å²) >= 11 is 0. The van der Waals surface area contributed by atoms with Crippen LogP contribution in [0.1, 0.15) is 12.8 Å². The zero-order valence-corrected chi connectivity index (χ0v) is 11.5. The fraction of sp³-hybridized carbons (Fsp3) is 0.412. The largest absolute Gasteiger partial charge is 0.481 e. The van der Waals surface area contributed by atoms with E-state index in [2.05, 4.69) is 11.4 Å². The van der Waals surface area contributed by atoms with Gasteiger partial charge in [0.2, 0.25) is 5.91 Å². The molecule has 0 radical (unpaired) electrons. The second kappa shape index (κ2) is 4.20. The van der Waals surface area contributed by atoms with E-state index >= 15 is 0 Å². The summed E-state index contributed by atoms with van der Waals surface area (Å²) in [6.45, 7) is 0. The van der Waals surface area contributed by atoms with E-state index in [1.54, 1.807) is 0 Å². The molecule has 21 heavy (non-hydrogen) atoms. The second-order valence-corrected chi connectivity index (χ2v) is 6.41. The normalized spacial score (nSPS) is 34.1. The molecular formula is C17H17NO3. The Kier molecular flexibility index (Phi) is 2.52. The predicted octanol–water partition coefficient (Wildman–Crippen LogP) is 2.54. The van der Waals surface area contributed by atoms with E-state index in [9.17, 15) is 14.7 Å². The van der Waals surface area contributed by atoms with Crippen molar-refractivity contribution >= 4 is 17.6 Å². The molecule has 3 aliphatic carbocycles. The van der Waals surface area contributed by atoms with Crippen LogP contribution in [0.25, 0.3) is 0 Å². The molecule has 4 nitrogen and oxygen atoms in total. The van der Waals surface area contributed by atoms with Gasteiger partial charge in [0.1, 0.15) is 0 Å². The molecule has 0 aromatic heterocycles. The number of benzene rings is 1. The highest BCUT2D eigenvalue weighted by Crippen LogP contribution is 2.72. The Bertz CT molecular complexity index is 633. The summed E-state index contributed by atoms with van der Waals surface area (Å²) in [5, 5.41) is 12.4. The van der Waals surface area contributed by atoms with Gasteiger partial charge in [-0.15, -0.1) is 0 Å². The van der Waals surface area contributed by atoms with E-state index in [0.717, 1.165) is 18.5 Å². The van der Waals surface area contributed by atoms with Crippen LogP contribution in [0.15, 0.2) is 42.5 Å². The number of carboxylic acid groups (broad SMARTS) is 1. The Labute approximate surface area is 122 Å². The van der Waals surface area contributed by atoms with Crippen LogP contribution in [0.4, 0.5) is 5.69 Å². The van der Waals surface area contributed by atoms with Crippen molar-refractivity contribution in [2.45, 2.75) is 12.8 Å². The van der Waals surface area contributed by atoms with E-state index in [1.807, 2.05) is 36.4 Å². The second-order valence-electron chi connectivity index (χ2n) is 6.41. The molecular weight excluding hydrogens is 266 g/mol. The minimum atomic E-state index is -0.841. The lowest BCUT2D eigenvalue weighted by molar-refractivity contribution is -0.146. The molecule has 0 heterocycles. The van der Waals surface area contributed by atoms with E-state index < -0.39 is 17.8 Å². The number of anilines is 1. The molecule has 2 N–H and O–H groups in total. The van der Waals surface area contributed by atoms with Gasteiger partial charge in [-0.2, -0.15) is 0 Å². The first kappa shape index (κ1) is 12.6. The van der Waals surface area contributed by atoms with Crippen LogP contribution in [0.2, 0.25) is 0 Å². The zero-order valence-electron chi connectivity index (χ0n) is 11.5. The van der Waals surface area contributed by atoms with Gasteiger partial charge in [0.15, 0.2) is 0 Å². The van der Waals surface area contributed by atoms with Gasteiger partial charge in [0.05, 0.1) is 11.8 Å². The standard InChI is InChI=1S/C17H17NO3/c19-15(18-10-4-2-1-3-5-10)13-11-6-7-12(14(13)16(20)21)17(11)8-9-17/h1-7,11-14H,8-9H2,(H,18,19)(H,20,21). The molecule has 0 aliphatic heterocycles. The summed E-state index contributed by atoms with van der Waals surface area (Å²) in [6, 6.07) is 9.24. The van der Waals surface area contributed by atoms with Crippen LogP contribution in [0.5, 0.6) is 0 Å². The smallest absolute Gasteiger partial charge is 0.307 e. The van der Waals surface area contributed by atoms with Gasteiger partial charge in [-0.1, -0.05) is 30.4 Å². The summed E-state index contributed by atoms with van der Waals surface area (Å²) in [5.41, 5.74) is 0.796. The molecule has 2 fully saturated rings. The number of allylic oxidation sites excluding steroid dienone is 2. The lowest BCUT2D eigenvalue weighted by Gasteiger charge is -2.23. The van der Waals surface area contributed by atoms with Crippen LogP contribution < -0.4 is 5.32 Å². The highest BCUT2D eigenvalue weighted by molar-refractivity contribution is 5.96. The Morgan fingerprint density at radius 1 is 1.05 bits per heavy atom. The van der Waals surface area contributed by atoms with Crippen LogP contribution in [0.3, 0.4) is 0 Å². The summed E-state index contributed by atoms with van der Waals surface area (Å²) in [6.07, 6.45) is 6.21. The fourth-order valence-electron chi connectivity index (χ4n) is 4.44. The maximum Gasteiger partial charge on any atom is 0.307 e. The minimum absolute atomic E-state index is 0.0338. The topological polar surface area (TPSA) is 66.4 Å². The summed E-state index contributed by atoms with van der Waals surface area (Å²) in [4.78, 5) is 24.3. The first-order chi connectivity index (χ1) is 10.1. The molecule has 4 heteroatoms. The lowest BCUT2D eigenvalue weighted by atomic mass is 9.82. The maximum absolute atomic E-state index is 12.6. The van der Waals surface area contributed by atoms with Crippen LogP contribution >= 0.6 is 0 Å². The third-order valence-electron chi connectivity index (χ3n) is 5.47. The lowest BCUT2D eigenvalue weighted by Crippen LogP contribution is -2.36. The van der Waals surface area contributed by atoms with Crippen molar-refractivity contribution in [1.29, 1.82) is 0 Å². The summed E-state index contributed by atoms with van der Waals surface area (Å²) < 4.78 is 0. The van der Waals surface area contributed by atoms with Crippen LogP contribution in [-0.4, -0.2) is 17.0 Å². The zero-order chi connectivity index (χ0) is 14.6. The van der Waals surface area contributed by atoms with E-state index in [-0.39, 0.29) is 23.2 Å². The third-order valence-corrected chi connectivity index (χ3v) is 5.47. The molecule has 1 amide bonds. The van der Waals surface area contributed by atoms with Crippen molar-refractivity contribution in [2.75, 3.05) is 5.32 Å². The van der Waals surface area contributed by atoms with Crippen molar-refractivity contribution in [2.24, 2.45) is 29.1 Å². The number of carboxylic acids is 1. The predicted molar refractivity (Wildman–Crippen MR) is 77.5 cm³/mol. The number of carbonyl (C=O) groups is 2. The molecule has 1 aromatic carbocycles. The number of rotatable bonds is 3. The first-order valence-electron chi connectivity index (χ1n) is 7.40. The van der Waals surface area contributed by atoms with Gasteiger partial charge in [0.25, 0.3) is 0 Å². The quantitative estimate of drug-likeness (QED) is 0.838. The average molecular weight is 283 g/mol. The maximum atomic E-state index is 12.6. The summed E-state index contributed by atoms with van der Waals surface area (Å²) in [5.74, 6) is -1.90. The van der Waals surface area contributed by atoms with E-state index in [4.69, 9.17) is 0 Å². The number of nitrogens with one attached hydrogen (secondary N) is 1. The molecule has 3 aliphatic rings. The molecule has 2 bridgehead atoms. The van der Waals surface area contributed by atoms with Crippen molar-refractivity contribution in [3.63, 3.8) is 0 Å². The fourth-order valence-corrected chi connectivity index (χ4v) is 4.44. The average Bonchev–Trinajstić information content (AvgIpc) is 3.13. The van der Waals surface area contributed by atoms with Crippen molar-refractivity contribution < 1.29 is 14.7 Å². The first-order valence-corrected chi connectivity index (χ1v) is 7.40. The SMILES string of the molecule is O=C(O)C1C(C(=O)Nc2ccccc2)C2C=CC1C21CC1. The van der Waals surface area contributed by atoms with Gasteiger partial charge in [-0.25, -0.2) is 0 Å². The third kappa shape index (κ3) is 1.68. The highest BCUT2D eigenvalue weighted by atomic mass is 16.4. The molecule has 4 unspecified atom stereocenters. The van der Waals surface area contributed by atoms with Crippen molar-refractivity contribution in [3.8, 4) is 0 Å². The van der Waals surface area contributed by atoms with Crippen LogP contribution in [-0.2, 0) is 9.59 Å². The Morgan fingerprint density at radius 3 is 2.24 bits per heavy atom. The Balaban J connectivity index is 1.63. The monoisotopic (exact) mass is 283 g/mol. The molecule has 108 valence electrons. The number of aliphatic carboxylic acids is 1. The van der Waals surface area contributed by atoms with Gasteiger partial charge in [0, 0.05) is 5.69 Å². The molecule has 1 aromatic rings. The summed E-state index contributed by atoms with van der Waals surface area (Å²) in [7, 11) is 0. The molecule has 4 rings (SSSR count). The number of para-hydroxylation sites is 1. The van der Waals surface area contributed by atoms with Gasteiger partial charge >= 0.3 is 5.97 Å². The van der Waals surface area contributed by atoms with Gasteiger partial charge < -0.3 is 10.4 Å². The molecule has 2 saturated carbocycles. The Hall–Kier alpha value is -2.10. The minimum Gasteiger partial charge on any atom is -0.481 e. The molecule has 4 atom stereocenters. The van der Waals surface area contributed by atoms with Crippen LogP contribution in [0, 0.1) is 29.1 Å². The molecule has 0 saturated heterocycles. The van der Waals surface area contributed by atoms with Crippen molar-refractivity contribution in [1.82, 2.24) is 0 Å². The number of carbonyl (C=O) groups excluding carboxylic acids is 1. The van der Waals surface area contributed by atoms with E-state index in [0.29, 0.717) is 0 Å². The van der Waals surface area contributed by atoms with Gasteiger partial charge in [-0.3, -0.25) is 9.59 Å². The number of hydrogen-bond donors (Lipinski definition) is 2. The Morgan fingerprint density at radius 2 is 1.67 bits per heavy atom. The number of hydrogen-bond acceptors (Lipinski definition) is 2. The van der Waals surface area contributed by atoms with E-state index in [1.165, 1.54) is 0 Å². The van der Waals surface area contributed by atoms with Crippen molar-refractivity contribution in [3.05, 3.63) is 42.5 Å².